The zero-order valence-electron chi connectivity index (χ0n) is 10.3. The lowest BCUT2D eigenvalue weighted by Crippen LogP contribution is -2.44. The maximum atomic E-state index is 10.8. The lowest BCUT2D eigenvalue weighted by atomic mass is 10.1. The van der Waals surface area contributed by atoms with Crippen molar-refractivity contribution < 1.29 is 9.90 Å². The van der Waals surface area contributed by atoms with E-state index in [9.17, 15) is 4.79 Å². The van der Waals surface area contributed by atoms with Crippen molar-refractivity contribution in [3.8, 4) is 0 Å². The van der Waals surface area contributed by atoms with E-state index in [4.69, 9.17) is 5.11 Å². The third-order valence-corrected chi connectivity index (χ3v) is 2.94. The van der Waals surface area contributed by atoms with Crippen molar-refractivity contribution in [1.29, 1.82) is 0 Å². The van der Waals surface area contributed by atoms with Crippen LogP contribution >= 0.6 is 0 Å². The van der Waals surface area contributed by atoms with Crippen molar-refractivity contribution >= 4 is 5.97 Å². The topological polar surface area (TPSA) is 55.8 Å². The number of carbonyl (C=O) groups is 1. The number of rotatable bonds is 5. The molecule has 1 aliphatic rings. The molecule has 2 N–H and O–H groups in total. The van der Waals surface area contributed by atoms with Crippen LogP contribution in [0.2, 0.25) is 0 Å². The van der Waals surface area contributed by atoms with Crippen LogP contribution in [-0.2, 0) is 4.79 Å². The quantitative estimate of drug-likeness (QED) is 0.677. The maximum Gasteiger partial charge on any atom is 0.304 e. The standard InChI is InChI=1S/C11H23N3O2/c1-13(2)6-7-14-5-3-4-12-9-10(14)8-11(15)16/h10,12H,3-9H2,1-2H3,(H,15,16). The second kappa shape index (κ2) is 6.83. The summed E-state index contributed by atoms with van der Waals surface area (Å²) in [5.41, 5.74) is 0. The molecule has 1 saturated heterocycles. The highest BCUT2D eigenvalue weighted by molar-refractivity contribution is 5.67. The van der Waals surface area contributed by atoms with Crippen molar-refractivity contribution in [3.05, 3.63) is 0 Å². The van der Waals surface area contributed by atoms with E-state index in [1.807, 2.05) is 14.1 Å². The van der Waals surface area contributed by atoms with Crippen LogP contribution in [0.5, 0.6) is 0 Å². The molecule has 1 unspecified atom stereocenters. The minimum absolute atomic E-state index is 0.139. The first-order chi connectivity index (χ1) is 7.59. The van der Waals surface area contributed by atoms with E-state index in [1.165, 1.54) is 0 Å². The number of hydrogen-bond donors (Lipinski definition) is 2. The van der Waals surface area contributed by atoms with E-state index in [-0.39, 0.29) is 12.5 Å². The number of hydrogen-bond acceptors (Lipinski definition) is 4. The molecule has 0 saturated carbocycles. The summed E-state index contributed by atoms with van der Waals surface area (Å²) in [6.07, 6.45) is 1.34. The van der Waals surface area contributed by atoms with Crippen molar-refractivity contribution in [3.63, 3.8) is 0 Å². The second-order valence-corrected chi connectivity index (χ2v) is 4.65. The summed E-state index contributed by atoms with van der Waals surface area (Å²) in [4.78, 5) is 15.2. The van der Waals surface area contributed by atoms with E-state index in [1.54, 1.807) is 0 Å². The van der Waals surface area contributed by atoms with Gasteiger partial charge in [0.25, 0.3) is 0 Å². The fourth-order valence-corrected chi connectivity index (χ4v) is 2.01. The minimum Gasteiger partial charge on any atom is -0.481 e. The van der Waals surface area contributed by atoms with Crippen LogP contribution in [0.3, 0.4) is 0 Å². The summed E-state index contributed by atoms with van der Waals surface area (Å²) >= 11 is 0. The van der Waals surface area contributed by atoms with Gasteiger partial charge < -0.3 is 15.3 Å². The molecule has 1 atom stereocenters. The van der Waals surface area contributed by atoms with E-state index in [0.717, 1.165) is 39.1 Å². The van der Waals surface area contributed by atoms with Crippen LogP contribution in [0.1, 0.15) is 12.8 Å². The third kappa shape index (κ3) is 4.92. The summed E-state index contributed by atoms with van der Waals surface area (Å²) < 4.78 is 0. The molecule has 0 aromatic heterocycles. The van der Waals surface area contributed by atoms with Gasteiger partial charge in [-0.05, 0) is 33.6 Å². The summed E-state index contributed by atoms with van der Waals surface area (Å²) in [7, 11) is 4.09. The van der Waals surface area contributed by atoms with Gasteiger partial charge in [-0.3, -0.25) is 9.69 Å². The number of likely N-dealkylation sites (N-methyl/N-ethyl adjacent to an activating group) is 1. The first-order valence-electron chi connectivity index (χ1n) is 5.91. The van der Waals surface area contributed by atoms with Crippen LogP contribution in [-0.4, -0.2) is 73.7 Å². The smallest absolute Gasteiger partial charge is 0.304 e. The second-order valence-electron chi connectivity index (χ2n) is 4.65. The van der Waals surface area contributed by atoms with Crippen LogP contribution in [0.15, 0.2) is 0 Å². The van der Waals surface area contributed by atoms with Gasteiger partial charge in [0.05, 0.1) is 6.42 Å². The summed E-state index contributed by atoms with van der Waals surface area (Å²) in [5, 5.41) is 12.2. The van der Waals surface area contributed by atoms with Crippen molar-refractivity contribution in [2.75, 3.05) is 46.8 Å². The number of carboxylic acids is 1. The average Bonchev–Trinajstić information content (AvgIpc) is 2.39. The summed E-state index contributed by atoms with van der Waals surface area (Å²) in [6, 6.07) is 0.139. The van der Waals surface area contributed by atoms with Gasteiger partial charge in [0.15, 0.2) is 0 Å². The highest BCUT2D eigenvalue weighted by Gasteiger charge is 2.22. The molecule has 0 aromatic rings. The Hall–Kier alpha value is -0.650. The van der Waals surface area contributed by atoms with E-state index in [2.05, 4.69) is 15.1 Å². The van der Waals surface area contributed by atoms with Crippen LogP contribution in [0, 0.1) is 0 Å². The fourth-order valence-electron chi connectivity index (χ4n) is 2.01. The number of aliphatic carboxylic acids is 1. The normalized spacial score (nSPS) is 23.3. The predicted octanol–water partition coefficient (Wildman–Crippen LogP) is -0.313. The molecule has 0 amide bonds. The Bertz CT molecular complexity index is 221. The summed E-state index contributed by atoms with van der Waals surface area (Å²) in [5.74, 6) is -0.705. The Balaban J connectivity index is 2.47. The molecule has 0 radical (unpaired) electrons. The third-order valence-electron chi connectivity index (χ3n) is 2.94. The van der Waals surface area contributed by atoms with Gasteiger partial charge >= 0.3 is 5.97 Å². The Kier molecular flexibility index (Phi) is 5.73. The number of nitrogens with zero attached hydrogens (tertiary/aromatic N) is 2. The SMILES string of the molecule is CN(C)CCN1CCCNCC1CC(=O)O. The fraction of sp³-hybridized carbons (Fsp3) is 0.909. The van der Waals surface area contributed by atoms with Crippen molar-refractivity contribution in [2.45, 2.75) is 18.9 Å². The zero-order valence-corrected chi connectivity index (χ0v) is 10.3. The van der Waals surface area contributed by atoms with E-state index >= 15 is 0 Å². The summed E-state index contributed by atoms with van der Waals surface area (Å²) in [6.45, 7) is 4.72. The van der Waals surface area contributed by atoms with Crippen molar-refractivity contribution in [1.82, 2.24) is 15.1 Å². The molecule has 1 heterocycles. The van der Waals surface area contributed by atoms with Gasteiger partial charge in [0, 0.05) is 25.7 Å². The van der Waals surface area contributed by atoms with E-state index < -0.39 is 5.97 Å². The van der Waals surface area contributed by atoms with Gasteiger partial charge in [-0.15, -0.1) is 0 Å². The van der Waals surface area contributed by atoms with Gasteiger partial charge in [0.1, 0.15) is 0 Å². The molecule has 94 valence electrons. The molecule has 1 aliphatic heterocycles. The maximum absolute atomic E-state index is 10.8. The Morgan fingerprint density at radius 3 is 2.94 bits per heavy atom. The number of carboxylic acid groups (broad SMARTS) is 1. The predicted molar refractivity (Wildman–Crippen MR) is 63.7 cm³/mol. The minimum atomic E-state index is -0.705. The molecule has 1 fully saturated rings. The van der Waals surface area contributed by atoms with Crippen LogP contribution in [0.4, 0.5) is 0 Å². The van der Waals surface area contributed by atoms with Gasteiger partial charge in [0.2, 0.25) is 0 Å². The van der Waals surface area contributed by atoms with Gasteiger partial charge in [-0.25, -0.2) is 0 Å². The molecular formula is C11H23N3O2. The highest BCUT2D eigenvalue weighted by atomic mass is 16.4. The van der Waals surface area contributed by atoms with E-state index in [0.29, 0.717) is 0 Å². The average molecular weight is 229 g/mol. The largest absolute Gasteiger partial charge is 0.481 e. The molecule has 5 nitrogen and oxygen atoms in total. The Morgan fingerprint density at radius 2 is 2.31 bits per heavy atom. The monoisotopic (exact) mass is 229 g/mol. The molecule has 1 rings (SSSR count). The first kappa shape index (κ1) is 13.4. The molecule has 0 spiro atoms. The molecular weight excluding hydrogens is 206 g/mol. The molecule has 0 aliphatic carbocycles. The highest BCUT2D eigenvalue weighted by Crippen LogP contribution is 2.08. The van der Waals surface area contributed by atoms with Gasteiger partial charge in [-0.2, -0.15) is 0 Å². The lowest BCUT2D eigenvalue weighted by Gasteiger charge is -2.29. The zero-order chi connectivity index (χ0) is 12.0. The molecule has 16 heavy (non-hydrogen) atoms. The first-order valence-corrected chi connectivity index (χ1v) is 5.91. The van der Waals surface area contributed by atoms with Gasteiger partial charge in [-0.1, -0.05) is 0 Å². The molecule has 0 aromatic carbocycles. The number of nitrogens with one attached hydrogen (secondary N) is 1. The van der Waals surface area contributed by atoms with Crippen LogP contribution < -0.4 is 5.32 Å². The lowest BCUT2D eigenvalue weighted by molar-refractivity contribution is -0.138. The molecule has 5 heteroatoms. The van der Waals surface area contributed by atoms with Crippen LogP contribution in [0.25, 0.3) is 0 Å². The molecule has 0 bridgehead atoms. The van der Waals surface area contributed by atoms with Crippen molar-refractivity contribution in [2.24, 2.45) is 0 Å². The Labute approximate surface area is 97.4 Å². The Morgan fingerprint density at radius 1 is 1.56 bits per heavy atom.